The van der Waals surface area contributed by atoms with Crippen molar-refractivity contribution in [3.05, 3.63) is 11.4 Å². The van der Waals surface area contributed by atoms with Crippen molar-refractivity contribution in [2.45, 2.75) is 31.2 Å². The molecule has 0 saturated carbocycles. The number of nitrogens with one attached hydrogen (secondary N) is 1. The van der Waals surface area contributed by atoms with Gasteiger partial charge in [-0.3, -0.25) is 5.10 Å². The Morgan fingerprint density at radius 2 is 2.05 bits per heavy atom. The molecule has 3 N–H and O–H groups in total. The van der Waals surface area contributed by atoms with Crippen LogP contribution in [0, 0.1) is 12.8 Å². The van der Waals surface area contributed by atoms with Gasteiger partial charge in [0, 0.05) is 20.1 Å². The van der Waals surface area contributed by atoms with Crippen LogP contribution in [0.1, 0.15) is 24.2 Å². The first kappa shape index (κ1) is 16.4. The van der Waals surface area contributed by atoms with E-state index in [0.29, 0.717) is 23.9 Å². The number of H-pyrrole nitrogens is 1. The average Bonchev–Trinajstić information content (AvgIpc) is 2.83. The minimum absolute atomic E-state index is 0.112. The molecular formula is C13H25N5O2S. The van der Waals surface area contributed by atoms with Crippen LogP contribution in [0.5, 0.6) is 0 Å². The Balaban J connectivity index is 2.13. The highest BCUT2D eigenvalue weighted by molar-refractivity contribution is 7.89. The summed E-state index contributed by atoms with van der Waals surface area (Å²) in [5, 5.41) is 6.69. The Labute approximate surface area is 126 Å². The number of nitrogens with two attached hydrogens (primary N) is 1. The third kappa shape index (κ3) is 3.45. The van der Waals surface area contributed by atoms with Crippen LogP contribution in [0.25, 0.3) is 0 Å². The van der Waals surface area contributed by atoms with Gasteiger partial charge in [0.2, 0.25) is 10.0 Å². The molecule has 1 aliphatic rings. The molecule has 21 heavy (non-hydrogen) atoms. The number of piperidine rings is 1. The van der Waals surface area contributed by atoms with Crippen molar-refractivity contribution in [1.82, 2.24) is 19.4 Å². The summed E-state index contributed by atoms with van der Waals surface area (Å²) in [6.07, 6.45) is 2.06. The predicted octanol–water partition coefficient (Wildman–Crippen LogP) is 0.139. The van der Waals surface area contributed by atoms with E-state index in [4.69, 9.17) is 5.73 Å². The monoisotopic (exact) mass is 315 g/mol. The Kier molecular flexibility index (Phi) is 5.03. The number of aromatic nitrogens is 2. The quantitative estimate of drug-likeness (QED) is 0.806. The van der Waals surface area contributed by atoms with Crippen LogP contribution < -0.4 is 5.73 Å². The third-order valence-corrected chi connectivity index (χ3v) is 6.20. The number of sulfonamides is 1. The molecule has 7 nitrogen and oxygen atoms in total. The molecule has 1 fully saturated rings. The van der Waals surface area contributed by atoms with Gasteiger partial charge in [-0.25, -0.2) is 12.7 Å². The molecule has 1 aromatic rings. The fourth-order valence-corrected chi connectivity index (χ4v) is 4.39. The Morgan fingerprint density at radius 1 is 1.43 bits per heavy atom. The van der Waals surface area contributed by atoms with Crippen molar-refractivity contribution in [3.8, 4) is 0 Å². The molecule has 1 saturated heterocycles. The van der Waals surface area contributed by atoms with Gasteiger partial charge in [0.05, 0.1) is 11.4 Å². The van der Waals surface area contributed by atoms with Crippen molar-refractivity contribution in [3.63, 3.8) is 0 Å². The summed E-state index contributed by atoms with van der Waals surface area (Å²) in [6.45, 7) is 4.42. The molecule has 0 bridgehead atoms. The van der Waals surface area contributed by atoms with Gasteiger partial charge in [0.25, 0.3) is 0 Å². The van der Waals surface area contributed by atoms with E-state index in [1.165, 1.54) is 4.31 Å². The molecular weight excluding hydrogens is 290 g/mol. The summed E-state index contributed by atoms with van der Waals surface area (Å²) in [5.41, 5.74) is 6.54. The summed E-state index contributed by atoms with van der Waals surface area (Å²) < 4.78 is 26.9. The smallest absolute Gasteiger partial charge is 0.246 e. The van der Waals surface area contributed by atoms with Gasteiger partial charge in [0.1, 0.15) is 4.90 Å². The van der Waals surface area contributed by atoms with E-state index in [1.54, 1.807) is 14.0 Å². The number of rotatable bonds is 5. The van der Waals surface area contributed by atoms with Gasteiger partial charge < -0.3 is 10.6 Å². The zero-order valence-electron chi connectivity index (χ0n) is 13.0. The second-order valence-corrected chi connectivity index (χ2v) is 7.84. The summed E-state index contributed by atoms with van der Waals surface area (Å²) in [7, 11) is 0.200. The van der Waals surface area contributed by atoms with Crippen molar-refractivity contribution < 1.29 is 8.42 Å². The van der Waals surface area contributed by atoms with E-state index in [-0.39, 0.29) is 11.4 Å². The standard InChI is InChI=1S/C13H25N5O2S/c1-10-13(12(8-14)16-15-10)21(19,20)18(3)9-11-4-6-17(2)7-5-11/h11H,4-9,14H2,1-3H3,(H,15,16). The molecule has 120 valence electrons. The maximum atomic E-state index is 12.7. The van der Waals surface area contributed by atoms with Gasteiger partial charge in [-0.15, -0.1) is 0 Å². The topological polar surface area (TPSA) is 95.3 Å². The lowest BCUT2D eigenvalue weighted by molar-refractivity contribution is 0.202. The predicted molar refractivity (Wildman–Crippen MR) is 81.3 cm³/mol. The Bertz CT molecular complexity index is 575. The number of nitrogens with zero attached hydrogens (tertiary/aromatic N) is 3. The van der Waals surface area contributed by atoms with E-state index >= 15 is 0 Å². The van der Waals surface area contributed by atoms with Crippen LogP contribution in [-0.4, -0.2) is 61.5 Å². The van der Waals surface area contributed by atoms with E-state index in [9.17, 15) is 8.42 Å². The first-order chi connectivity index (χ1) is 9.86. The normalized spacial score (nSPS) is 18.5. The minimum atomic E-state index is -3.54. The fourth-order valence-electron chi connectivity index (χ4n) is 2.81. The van der Waals surface area contributed by atoms with Gasteiger partial charge >= 0.3 is 0 Å². The number of hydrogen-bond donors (Lipinski definition) is 2. The van der Waals surface area contributed by atoms with Crippen LogP contribution in [0.3, 0.4) is 0 Å². The molecule has 2 rings (SSSR count). The van der Waals surface area contributed by atoms with E-state index in [2.05, 4.69) is 22.1 Å². The summed E-state index contributed by atoms with van der Waals surface area (Å²) >= 11 is 0. The molecule has 0 atom stereocenters. The second-order valence-electron chi connectivity index (χ2n) is 5.86. The van der Waals surface area contributed by atoms with E-state index < -0.39 is 10.0 Å². The van der Waals surface area contributed by atoms with E-state index in [0.717, 1.165) is 25.9 Å². The van der Waals surface area contributed by atoms with Gasteiger partial charge in [0.15, 0.2) is 0 Å². The highest BCUT2D eigenvalue weighted by Crippen LogP contribution is 2.24. The molecule has 8 heteroatoms. The lowest BCUT2D eigenvalue weighted by Crippen LogP contribution is -2.38. The molecule has 0 aliphatic carbocycles. The number of aryl methyl sites for hydroxylation is 1. The molecule has 0 amide bonds. The summed E-state index contributed by atoms with van der Waals surface area (Å²) in [5.74, 6) is 0.412. The van der Waals surface area contributed by atoms with Crippen molar-refractivity contribution >= 4 is 10.0 Å². The first-order valence-electron chi connectivity index (χ1n) is 7.25. The van der Waals surface area contributed by atoms with Crippen molar-refractivity contribution in [1.29, 1.82) is 0 Å². The zero-order valence-corrected chi connectivity index (χ0v) is 13.8. The average molecular weight is 315 g/mol. The first-order valence-corrected chi connectivity index (χ1v) is 8.69. The highest BCUT2D eigenvalue weighted by atomic mass is 32.2. The number of hydrogen-bond acceptors (Lipinski definition) is 5. The van der Waals surface area contributed by atoms with Gasteiger partial charge in [-0.2, -0.15) is 5.10 Å². The molecule has 1 aliphatic heterocycles. The van der Waals surface area contributed by atoms with Crippen molar-refractivity contribution in [2.24, 2.45) is 11.7 Å². The van der Waals surface area contributed by atoms with Crippen molar-refractivity contribution in [2.75, 3.05) is 33.7 Å². The van der Waals surface area contributed by atoms with Crippen LogP contribution in [0.4, 0.5) is 0 Å². The van der Waals surface area contributed by atoms with Crippen LogP contribution in [0.15, 0.2) is 4.90 Å². The zero-order chi connectivity index (χ0) is 15.6. The molecule has 1 aromatic heterocycles. The third-order valence-electron chi connectivity index (χ3n) is 4.18. The molecule has 2 heterocycles. The highest BCUT2D eigenvalue weighted by Gasteiger charge is 2.30. The molecule has 0 radical (unpaired) electrons. The summed E-state index contributed by atoms with van der Waals surface area (Å²) in [4.78, 5) is 2.51. The maximum Gasteiger partial charge on any atom is 0.246 e. The number of aromatic amines is 1. The molecule has 0 aromatic carbocycles. The maximum absolute atomic E-state index is 12.7. The van der Waals surface area contributed by atoms with Crippen LogP contribution >= 0.6 is 0 Å². The van der Waals surface area contributed by atoms with Crippen LogP contribution in [-0.2, 0) is 16.6 Å². The molecule has 0 unspecified atom stereocenters. The molecule has 0 spiro atoms. The largest absolute Gasteiger partial charge is 0.325 e. The van der Waals surface area contributed by atoms with Crippen LogP contribution in [0.2, 0.25) is 0 Å². The van der Waals surface area contributed by atoms with Gasteiger partial charge in [-0.1, -0.05) is 0 Å². The Hall–Kier alpha value is -0.960. The second kappa shape index (κ2) is 6.43. The SMILES string of the molecule is Cc1[nH]nc(CN)c1S(=O)(=O)N(C)CC1CCN(C)CC1. The van der Waals surface area contributed by atoms with E-state index in [1.807, 2.05) is 0 Å². The summed E-state index contributed by atoms with van der Waals surface area (Å²) in [6, 6.07) is 0. The lowest BCUT2D eigenvalue weighted by Gasteiger charge is -2.31. The van der Waals surface area contributed by atoms with Gasteiger partial charge in [-0.05, 0) is 45.8 Å². The fraction of sp³-hybridized carbons (Fsp3) is 0.769. The Morgan fingerprint density at radius 3 is 2.62 bits per heavy atom. The minimum Gasteiger partial charge on any atom is -0.325 e. The lowest BCUT2D eigenvalue weighted by atomic mass is 9.97. The number of likely N-dealkylation sites (tertiary alicyclic amines) is 1.